The average Bonchev–Trinajstić information content (AvgIpc) is 1.82. The largest absolute Gasteiger partial charge is 0.481 e. The van der Waals surface area contributed by atoms with Crippen molar-refractivity contribution in [3.63, 3.8) is 0 Å². The number of carboxylic acids is 1. The summed E-state index contributed by atoms with van der Waals surface area (Å²) in [5.74, 6) is -1.45. The Bertz CT molecular complexity index is 180. The molecule has 1 aliphatic rings. The minimum absolute atomic E-state index is 0.214. The summed E-state index contributed by atoms with van der Waals surface area (Å²) in [6.45, 7) is 1.36. The van der Waals surface area contributed by atoms with Gasteiger partial charge >= 0.3 is 5.97 Å². The van der Waals surface area contributed by atoms with Crippen molar-refractivity contribution in [3.8, 4) is 0 Å². The molecule has 3 heteroatoms. The first-order chi connectivity index (χ1) is 5.61. The molecule has 0 aromatic carbocycles. The van der Waals surface area contributed by atoms with E-state index in [2.05, 4.69) is 0 Å². The summed E-state index contributed by atoms with van der Waals surface area (Å²) in [6.07, 6.45) is 3.92. The van der Waals surface area contributed by atoms with E-state index in [1.165, 1.54) is 13.3 Å². The molecule has 1 unspecified atom stereocenters. The van der Waals surface area contributed by atoms with Crippen molar-refractivity contribution in [2.75, 3.05) is 0 Å². The highest BCUT2D eigenvalue weighted by atomic mass is 16.4. The molecule has 0 aromatic rings. The molecule has 1 atom stereocenters. The van der Waals surface area contributed by atoms with Crippen molar-refractivity contribution in [2.24, 2.45) is 11.8 Å². The predicted molar refractivity (Wildman–Crippen MR) is 43.8 cm³/mol. The highest BCUT2D eigenvalue weighted by Gasteiger charge is 2.29. The summed E-state index contributed by atoms with van der Waals surface area (Å²) in [7, 11) is 0. The number of carbonyl (C=O) groups is 2. The third-order valence-corrected chi connectivity index (χ3v) is 2.58. The summed E-state index contributed by atoms with van der Waals surface area (Å²) in [6, 6.07) is 0. The fourth-order valence-electron chi connectivity index (χ4n) is 1.50. The highest BCUT2D eigenvalue weighted by molar-refractivity contribution is 5.96. The lowest BCUT2D eigenvalue weighted by Crippen LogP contribution is -2.26. The van der Waals surface area contributed by atoms with Gasteiger partial charge in [-0.15, -0.1) is 0 Å². The van der Waals surface area contributed by atoms with Crippen LogP contribution in [0.15, 0.2) is 0 Å². The van der Waals surface area contributed by atoms with Gasteiger partial charge in [-0.1, -0.05) is 19.3 Å². The number of hydrogen-bond acceptors (Lipinski definition) is 2. The third kappa shape index (κ3) is 2.06. The van der Waals surface area contributed by atoms with Gasteiger partial charge in [0.2, 0.25) is 0 Å². The molecule has 1 fully saturated rings. The monoisotopic (exact) mass is 170 g/mol. The van der Waals surface area contributed by atoms with Gasteiger partial charge in [-0.3, -0.25) is 9.59 Å². The SMILES string of the molecule is CC(=O)C(CC1CCC1)C(=O)O. The van der Waals surface area contributed by atoms with Crippen LogP contribution >= 0.6 is 0 Å². The summed E-state index contributed by atoms with van der Waals surface area (Å²) in [5.41, 5.74) is 0. The fourth-order valence-corrected chi connectivity index (χ4v) is 1.50. The molecule has 0 radical (unpaired) electrons. The lowest BCUT2D eigenvalue weighted by Gasteiger charge is -2.26. The van der Waals surface area contributed by atoms with Gasteiger partial charge in [-0.25, -0.2) is 0 Å². The number of ketones is 1. The van der Waals surface area contributed by atoms with Gasteiger partial charge in [-0.2, -0.15) is 0 Å². The Kier molecular flexibility index (Phi) is 2.84. The predicted octanol–water partition coefficient (Wildman–Crippen LogP) is 1.47. The quantitative estimate of drug-likeness (QED) is 0.650. The van der Waals surface area contributed by atoms with Gasteiger partial charge in [-0.05, 0) is 19.3 Å². The number of aliphatic carboxylic acids is 1. The van der Waals surface area contributed by atoms with Crippen LogP contribution in [-0.2, 0) is 9.59 Å². The zero-order chi connectivity index (χ0) is 9.14. The zero-order valence-electron chi connectivity index (χ0n) is 7.25. The van der Waals surface area contributed by atoms with Crippen LogP contribution in [0.25, 0.3) is 0 Å². The molecule has 0 spiro atoms. The number of carbonyl (C=O) groups excluding carboxylic acids is 1. The van der Waals surface area contributed by atoms with Crippen molar-refractivity contribution < 1.29 is 14.7 Å². The molecule has 0 amide bonds. The van der Waals surface area contributed by atoms with Crippen molar-refractivity contribution in [2.45, 2.75) is 32.6 Å². The van der Waals surface area contributed by atoms with Crippen molar-refractivity contribution in [3.05, 3.63) is 0 Å². The molecule has 0 bridgehead atoms. The first-order valence-corrected chi connectivity index (χ1v) is 4.34. The summed E-state index contributed by atoms with van der Waals surface area (Å²) in [4.78, 5) is 21.5. The molecular formula is C9H14O3. The molecule has 1 N–H and O–H groups in total. The van der Waals surface area contributed by atoms with E-state index in [1.54, 1.807) is 0 Å². The van der Waals surface area contributed by atoms with E-state index in [0.29, 0.717) is 12.3 Å². The lowest BCUT2D eigenvalue weighted by atomic mass is 9.78. The van der Waals surface area contributed by atoms with Crippen molar-refractivity contribution in [1.82, 2.24) is 0 Å². The summed E-state index contributed by atoms with van der Waals surface area (Å²) in [5, 5.41) is 8.69. The number of carboxylic acid groups (broad SMARTS) is 1. The molecule has 3 nitrogen and oxygen atoms in total. The van der Waals surface area contributed by atoms with E-state index in [4.69, 9.17) is 5.11 Å². The van der Waals surface area contributed by atoms with Gasteiger partial charge in [0.05, 0.1) is 0 Å². The minimum atomic E-state index is -0.964. The topological polar surface area (TPSA) is 54.4 Å². The van der Waals surface area contributed by atoms with E-state index >= 15 is 0 Å². The van der Waals surface area contributed by atoms with Crippen LogP contribution in [0.3, 0.4) is 0 Å². The molecule has 0 heterocycles. The van der Waals surface area contributed by atoms with Gasteiger partial charge in [0, 0.05) is 0 Å². The summed E-state index contributed by atoms with van der Waals surface area (Å²) >= 11 is 0. The molecule has 0 aliphatic heterocycles. The van der Waals surface area contributed by atoms with E-state index in [9.17, 15) is 9.59 Å². The second-order valence-electron chi connectivity index (χ2n) is 3.53. The second kappa shape index (κ2) is 3.70. The molecule has 0 saturated heterocycles. The maximum Gasteiger partial charge on any atom is 0.314 e. The first kappa shape index (κ1) is 9.23. The van der Waals surface area contributed by atoms with Crippen LogP contribution in [-0.4, -0.2) is 16.9 Å². The Labute approximate surface area is 71.8 Å². The van der Waals surface area contributed by atoms with Crippen molar-refractivity contribution in [1.29, 1.82) is 0 Å². The number of hydrogen-bond donors (Lipinski definition) is 1. The van der Waals surface area contributed by atoms with Gasteiger partial charge in [0.25, 0.3) is 0 Å². The number of Topliss-reactive ketones (excluding diaryl/α,β-unsaturated/α-hetero) is 1. The van der Waals surface area contributed by atoms with Gasteiger partial charge < -0.3 is 5.11 Å². The van der Waals surface area contributed by atoms with Crippen LogP contribution in [0.4, 0.5) is 0 Å². The van der Waals surface area contributed by atoms with Gasteiger partial charge in [0.15, 0.2) is 0 Å². The molecule has 1 aliphatic carbocycles. The maximum absolute atomic E-state index is 10.9. The first-order valence-electron chi connectivity index (χ1n) is 4.34. The molecule has 1 rings (SSSR count). The maximum atomic E-state index is 10.9. The third-order valence-electron chi connectivity index (χ3n) is 2.58. The van der Waals surface area contributed by atoms with Crippen LogP contribution in [0.2, 0.25) is 0 Å². The van der Waals surface area contributed by atoms with Crippen LogP contribution in [0.5, 0.6) is 0 Å². The minimum Gasteiger partial charge on any atom is -0.481 e. The van der Waals surface area contributed by atoms with E-state index in [0.717, 1.165) is 12.8 Å². The van der Waals surface area contributed by atoms with Gasteiger partial charge in [0.1, 0.15) is 11.7 Å². The molecular weight excluding hydrogens is 156 g/mol. The zero-order valence-corrected chi connectivity index (χ0v) is 7.25. The standard InChI is InChI=1S/C9H14O3/c1-6(10)8(9(11)12)5-7-3-2-4-7/h7-8H,2-5H2,1H3,(H,11,12). The fraction of sp³-hybridized carbons (Fsp3) is 0.778. The van der Waals surface area contributed by atoms with E-state index in [-0.39, 0.29) is 5.78 Å². The van der Waals surface area contributed by atoms with E-state index in [1.807, 2.05) is 0 Å². The number of rotatable bonds is 4. The second-order valence-corrected chi connectivity index (χ2v) is 3.53. The van der Waals surface area contributed by atoms with Crippen LogP contribution in [0, 0.1) is 11.8 Å². The van der Waals surface area contributed by atoms with Crippen LogP contribution < -0.4 is 0 Å². The lowest BCUT2D eigenvalue weighted by molar-refractivity contribution is -0.146. The Morgan fingerprint density at radius 3 is 2.33 bits per heavy atom. The van der Waals surface area contributed by atoms with Crippen molar-refractivity contribution >= 4 is 11.8 Å². The Morgan fingerprint density at radius 1 is 1.50 bits per heavy atom. The summed E-state index contributed by atoms with van der Waals surface area (Å²) < 4.78 is 0. The van der Waals surface area contributed by atoms with E-state index < -0.39 is 11.9 Å². The average molecular weight is 170 g/mol. The Morgan fingerprint density at radius 2 is 2.08 bits per heavy atom. The normalized spacial score (nSPS) is 19.8. The Hall–Kier alpha value is -0.860. The molecule has 0 aromatic heterocycles. The smallest absolute Gasteiger partial charge is 0.314 e. The highest BCUT2D eigenvalue weighted by Crippen LogP contribution is 2.32. The molecule has 12 heavy (non-hydrogen) atoms. The molecule has 68 valence electrons. The molecule has 1 saturated carbocycles. The van der Waals surface area contributed by atoms with Crippen LogP contribution in [0.1, 0.15) is 32.6 Å². The Balaban J connectivity index is 2.42.